The Bertz CT molecular complexity index is 147. The number of hydrogen-bond acceptors (Lipinski definition) is 1. The van der Waals surface area contributed by atoms with E-state index in [1.807, 2.05) is 0 Å². The zero-order valence-electron chi connectivity index (χ0n) is 6.85. The molecule has 0 saturated carbocycles. The summed E-state index contributed by atoms with van der Waals surface area (Å²) in [4.78, 5) is 0. The fourth-order valence-electron chi connectivity index (χ4n) is 1.000. The van der Waals surface area contributed by atoms with Gasteiger partial charge in [-0.1, -0.05) is 5.57 Å². The lowest BCUT2D eigenvalue weighted by atomic mass is 10.3. The Morgan fingerprint density at radius 1 is 1.73 bits per heavy atom. The summed E-state index contributed by atoms with van der Waals surface area (Å²) in [5, 5.41) is 0. The first-order valence-electron chi connectivity index (χ1n) is 3.96. The highest BCUT2D eigenvalue weighted by Gasteiger charge is 2.12. The Hall–Kier alpha value is 0.420. The first-order valence-corrected chi connectivity index (χ1v) is 6.00. The first-order chi connectivity index (χ1) is 5.33. The Morgan fingerprint density at radius 2 is 2.55 bits per heavy atom. The van der Waals surface area contributed by atoms with Gasteiger partial charge in [0.05, 0.1) is 14.8 Å². The molecule has 0 amide bonds. The lowest BCUT2D eigenvalue weighted by molar-refractivity contribution is 0.357. The van der Waals surface area contributed by atoms with Crippen molar-refractivity contribution in [3.8, 4) is 0 Å². The molecule has 0 N–H and O–H groups in total. The van der Waals surface area contributed by atoms with Gasteiger partial charge in [0.2, 0.25) is 0 Å². The SMILES string of the molecule is CC1=CP(OCCCCl)CC1. The second-order valence-electron chi connectivity index (χ2n) is 2.74. The van der Waals surface area contributed by atoms with Gasteiger partial charge >= 0.3 is 0 Å². The van der Waals surface area contributed by atoms with Crippen molar-refractivity contribution in [1.29, 1.82) is 0 Å². The van der Waals surface area contributed by atoms with Crippen LogP contribution in [-0.2, 0) is 4.52 Å². The maximum atomic E-state index is 5.62. The molecule has 1 atom stereocenters. The molecule has 0 aliphatic carbocycles. The van der Waals surface area contributed by atoms with Gasteiger partial charge in [-0.3, -0.25) is 0 Å². The topological polar surface area (TPSA) is 9.23 Å². The van der Waals surface area contributed by atoms with Crippen LogP contribution >= 0.6 is 19.7 Å². The minimum Gasteiger partial charge on any atom is -0.355 e. The molecule has 3 heteroatoms. The van der Waals surface area contributed by atoms with Crippen LogP contribution in [0.2, 0.25) is 0 Å². The van der Waals surface area contributed by atoms with Gasteiger partial charge in [-0.2, -0.15) is 0 Å². The largest absolute Gasteiger partial charge is 0.355 e. The van der Waals surface area contributed by atoms with Crippen molar-refractivity contribution >= 4 is 19.7 Å². The molecule has 1 nitrogen and oxygen atoms in total. The zero-order chi connectivity index (χ0) is 8.10. The van der Waals surface area contributed by atoms with E-state index in [0.29, 0.717) is 5.88 Å². The van der Waals surface area contributed by atoms with Gasteiger partial charge in [0, 0.05) is 5.88 Å². The van der Waals surface area contributed by atoms with E-state index in [4.69, 9.17) is 16.1 Å². The van der Waals surface area contributed by atoms with E-state index in [0.717, 1.165) is 13.0 Å². The minimum absolute atomic E-state index is 0.217. The number of halogens is 1. The summed E-state index contributed by atoms with van der Waals surface area (Å²) in [7, 11) is -0.217. The average molecular weight is 193 g/mol. The molecule has 1 aliphatic rings. The molecular weight excluding hydrogens is 179 g/mol. The van der Waals surface area contributed by atoms with Gasteiger partial charge in [-0.15, -0.1) is 11.6 Å². The highest BCUT2D eigenvalue weighted by Crippen LogP contribution is 2.46. The van der Waals surface area contributed by atoms with Crippen LogP contribution in [0.15, 0.2) is 11.4 Å². The standard InChI is InChI=1S/C8H14ClOP/c1-8-3-6-11(7-8)10-5-2-4-9/h7H,2-6H2,1H3. The monoisotopic (exact) mass is 192 g/mol. The van der Waals surface area contributed by atoms with Crippen LogP contribution in [-0.4, -0.2) is 18.6 Å². The predicted octanol–water partition coefficient (Wildman–Crippen LogP) is 3.34. The van der Waals surface area contributed by atoms with Crippen molar-refractivity contribution in [3.05, 3.63) is 11.4 Å². The Labute approximate surface area is 74.6 Å². The molecule has 0 fully saturated rings. The van der Waals surface area contributed by atoms with Gasteiger partial charge in [0.1, 0.15) is 0 Å². The van der Waals surface area contributed by atoms with E-state index >= 15 is 0 Å². The maximum Gasteiger partial charge on any atom is 0.0532 e. The second-order valence-corrected chi connectivity index (χ2v) is 4.92. The third kappa shape index (κ3) is 3.55. The molecule has 0 aromatic rings. The molecule has 0 spiro atoms. The van der Waals surface area contributed by atoms with Gasteiger partial charge in [-0.05, 0) is 31.7 Å². The summed E-state index contributed by atoms with van der Waals surface area (Å²) >= 11 is 5.53. The molecule has 0 aromatic carbocycles. The van der Waals surface area contributed by atoms with Gasteiger partial charge < -0.3 is 4.52 Å². The number of alkyl halides is 1. The van der Waals surface area contributed by atoms with Crippen LogP contribution < -0.4 is 0 Å². The number of allylic oxidation sites excluding steroid dienone is 1. The Kier molecular flexibility index (Phi) is 4.44. The fraction of sp³-hybridized carbons (Fsp3) is 0.750. The van der Waals surface area contributed by atoms with Crippen molar-refractivity contribution in [2.45, 2.75) is 19.8 Å². The summed E-state index contributed by atoms with van der Waals surface area (Å²) in [6.07, 6.45) is 3.43. The molecule has 0 bridgehead atoms. The van der Waals surface area contributed by atoms with E-state index in [-0.39, 0.29) is 8.15 Å². The molecular formula is C8H14ClOP. The third-order valence-corrected chi connectivity index (χ3v) is 3.80. The number of rotatable bonds is 4. The second kappa shape index (κ2) is 5.13. The molecule has 1 unspecified atom stereocenters. The molecule has 0 saturated heterocycles. The summed E-state index contributed by atoms with van der Waals surface area (Å²) in [5.74, 6) is 3.00. The molecule has 0 radical (unpaired) electrons. The van der Waals surface area contributed by atoms with Crippen LogP contribution in [0.25, 0.3) is 0 Å². The van der Waals surface area contributed by atoms with Crippen molar-refractivity contribution in [2.75, 3.05) is 18.6 Å². The van der Waals surface area contributed by atoms with Gasteiger partial charge in [0.25, 0.3) is 0 Å². The zero-order valence-corrected chi connectivity index (χ0v) is 8.50. The third-order valence-electron chi connectivity index (χ3n) is 1.63. The lowest BCUT2D eigenvalue weighted by Crippen LogP contribution is -1.89. The van der Waals surface area contributed by atoms with E-state index < -0.39 is 0 Å². The molecule has 0 aromatic heterocycles. The van der Waals surface area contributed by atoms with Crippen molar-refractivity contribution in [2.24, 2.45) is 0 Å². The summed E-state index contributed by atoms with van der Waals surface area (Å²) < 4.78 is 5.62. The van der Waals surface area contributed by atoms with E-state index in [2.05, 4.69) is 12.7 Å². The summed E-state index contributed by atoms with van der Waals surface area (Å²) in [6, 6.07) is 0. The minimum atomic E-state index is -0.217. The molecule has 64 valence electrons. The Balaban J connectivity index is 2.08. The molecule has 1 aliphatic heterocycles. The first kappa shape index (κ1) is 9.51. The van der Waals surface area contributed by atoms with Crippen LogP contribution in [0, 0.1) is 0 Å². The van der Waals surface area contributed by atoms with Gasteiger partial charge in [-0.25, -0.2) is 0 Å². The van der Waals surface area contributed by atoms with E-state index in [1.54, 1.807) is 0 Å². The molecule has 11 heavy (non-hydrogen) atoms. The predicted molar refractivity (Wildman–Crippen MR) is 51.5 cm³/mol. The lowest BCUT2D eigenvalue weighted by Gasteiger charge is -2.07. The molecule has 1 heterocycles. The van der Waals surface area contributed by atoms with Crippen LogP contribution in [0.5, 0.6) is 0 Å². The number of hydrogen-bond donors (Lipinski definition) is 0. The summed E-state index contributed by atoms with van der Waals surface area (Å²) in [5.41, 5.74) is 1.49. The van der Waals surface area contributed by atoms with Crippen molar-refractivity contribution in [1.82, 2.24) is 0 Å². The van der Waals surface area contributed by atoms with Crippen LogP contribution in [0.1, 0.15) is 19.8 Å². The van der Waals surface area contributed by atoms with Gasteiger partial charge in [0.15, 0.2) is 0 Å². The van der Waals surface area contributed by atoms with Crippen molar-refractivity contribution in [3.63, 3.8) is 0 Å². The fourth-order valence-corrected chi connectivity index (χ4v) is 3.00. The highest BCUT2D eigenvalue weighted by molar-refractivity contribution is 7.56. The van der Waals surface area contributed by atoms with E-state index in [9.17, 15) is 0 Å². The van der Waals surface area contributed by atoms with Crippen molar-refractivity contribution < 1.29 is 4.52 Å². The normalized spacial score (nSPS) is 23.8. The van der Waals surface area contributed by atoms with Crippen LogP contribution in [0.3, 0.4) is 0 Å². The molecule has 1 rings (SSSR count). The van der Waals surface area contributed by atoms with E-state index in [1.165, 1.54) is 18.2 Å². The highest BCUT2D eigenvalue weighted by atomic mass is 35.5. The smallest absolute Gasteiger partial charge is 0.0532 e. The van der Waals surface area contributed by atoms with Crippen LogP contribution in [0.4, 0.5) is 0 Å². The summed E-state index contributed by atoms with van der Waals surface area (Å²) in [6.45, 7) is 3.01. The average Bonchev–Trinajstić information content (AvgIpc) is 2.37. The Morgan fingerprint density at radius 3 is 3.09 bits per heavy atom. The quantitative estimate of drug-likeness (QED) is 0.377. The maximum absolute atomic E-state index is 5.62.